The SMILES string of the molecule is CCCNC(C)c1cnc(N(C)C(C)CSC)s1. The summed E-state index contributed by atoms with van der Waals surface area (Å²) in [6.07, 6.45) is 5.32. The van der Waals surface area contributed by atoms with Crippen LogP contribution in [-0.2, 0) is 0 Å². The van der Waals surface area contributed by atoms with Gasteiger partial charge in [0.25, 0.3) is 0 Å². The van der Waals surface area contributed by atoms with Gasteiger partial charge in [-0.3, -0.25) is 0 Å². The zero-order chi connectivity index (χ0) is 13.5. The molecule has 3 nitrogen and oxygen atoms in total. The number of hydrogen-bond acceptors (Lipinski definition) is 5. The van der Waals surface area contributed by atoms with Crippen LogP contribution in [0.3, 0.4) is 0 Å². The molecule has 5 heteroatoms. The largest absolute Gasteiger partial charge is 0.348 e. The van der Waals surface area contributed by atoms with E-state index in [0.29, 0.717) is 12.1 Å². The number of nitrogens with one attached hydrogen (secondary N) is 1. The van der Waals surface area contributed by atoms with Gasteiger partial charge >= 0.3 is 0 Å². The predicted octanol–water partition coefficient (Wildman–Crippen LogP) is 3.39. The van der Waals surface area contributed by atoms with Crippen molar-refractivity contribution in [2.24, 2.45) is 0 Å². The van der Waals surface area contributed by atoms with Crippen LogP contribution in [0.2, 0.25) is 0 Å². The zero-order valence-corrected chi connectivity index (χ0v) is 13.7. The highest BCUT2D eigenvalue weighted by atomic mass is 32.2. The van der Waals surface area contributed by atoms with Crippen LogP contribution < -0.4 is 10.2 Å². The normalized spacial score (nSPS) is 14.5. The van der Waals surface area contributed by atoms with E-state index in [1.807, 2.05) is 18.0 Å². The van der Waals surface area contributed by atoms with E-state index in [-0.39, 0.29) is 0 Å². The van der Waals surface area contributed by atoms with Gasteiger partial charge in [0.1, 0.15) is 0 Å². The molecule has 0 saturated heterocycles. The number of aromatic nitrogens is 1. The van der Waals surface area contributed by atoms with E-state index in [9.17, 15) is 0 Å². The molecule has 1 aromatic rings. The van der Waals surface area contributed by atoms with E-state index < -0.39 is 0 Å². The van der Waals surface area contributed by atoms with Crippen LogP contribution in [0.1, 0.15) is 38.1 Å². The lowest BCUT2D eigenvalue weighted by Gasteiger charge is -2.23. The number of nitrogens with zero attached hydrogens (tertiary/aromatic N) is 2. The molecule has 0 radical (unpaired) electrons. The second-order valence-electron chi connectivity index (χ2n) is 4.64. The van der Waals surface area contributed by atoms with Gasteiger partial charge < -0.3 is 10.2 Å². The highest BCUT2D eigenvalue weighted by Gasteiger charge is 2.15. The van der Waals surface area contributed by atoms with Gasteiger partial charge in [0.05, 0.1) is 0 Å². The van der Waals surface area contributed by atoms with Crippen LogP contribution in [0.4, 0.5) is 5.13 Å². The predicted molar refractivity (Wildman–Crippen MR) is 85.1 cm³/mol. The first-order valence-electron chi connectivity index (χ1n) is 6.51. The first kappa shape index (κ1) is 15.8. The summed E-state index contributed by atoms with van der Waals surface area (Å²) in [7, 11) is 2.13. The maximum Gasteiger partial charge on any atom is 0.185 e. The van der Waals surface area contributed by atoms with Crippen molar-refractivity contribution in [2.75, 3.05) is 30.5 Å². The van der Waals surface area contributed by atoms with Gasteiger partial charge in [-0.25, -0.2) is 4.98 Å². The highest BCUT2D eigenvalue weighted by Crippen LogP contribution is 2.27. The van der Waals surface area contributed by atoms with Crippen molar-refractivity contribution in [1.82, 2.24) is 10.3 Å². The van der Waals surface area contributed by atoms with Gasteiger partial charge in [0.15, 0.2) is 5.13 Å². The first-order chi connectivity index (χ1) is 8.60. The van der Waals surface area contributed by atoms with Gasteiger partial charge in [-0.15, -0.1) is 11.3 Å². The lowest BCUT2D eigenvalue weighted by Crippen LogP contribution is -2.30. The summed E-state index contributed by atoms with van der Waals surface area (Å²) in [5, 5.41) is 4.62. The summed E-state index contributed by atoms with van der Waals surface area (Å²) in [4.78, 5) is 8.14. The molecule has 0 aliphatic carbocycles. The third-order valence-electron chi connectivity index (χ3n) is 3.01. The summed E-state index contributed by atoms with van der Waals surface area (Å²) < 4.78 is 0. The van der Waals surface area contributed by atoms with Gasteiger partial charge in [-0.05, 0) is 33.1 Å². The third kappa shape index (κ3) is 4.44. The Hall–Kier alpha value is -0.260. The Bertz CT molecular complexity index is 341. The first-order valence-corrected chi connectivity index (χ1v) is 8.72. The molecule has 0 spiro atoms. The Kier molecular flexibility index (Phi) is 7.04. The number of anilines is 1. The second-order valence-corrected chi connectivity index (χ2v) is 6.59. The van der Waals surface area contributed by atoms with Crippen molar-refractivity contribution in [2.45, 2.75) is 39.3 Å². The Morgan fingerprint density at radius 3 is 2.83 bits per heavy atom. The van der Waals surface area contributed by atoms with Crippen LogP contribution in [0.25, 0.3) is 0 Å². The molecule has 0 aliphatic rings. The number of rotatable bonds is 8. The number of thiazole rings is 1. The summed E-state index contributed by atoms with van der Waals surface area (Å²) in [5.74, 6) is 1.13. The maximum atomic E-state index is 4.54. The van der Waals surface area contributed by atoms with Crippen molar-refractivity contribution in [1.29, 1.82) is 0 Å². The van der Waals surface area contributed by atoms with Gasteiger partial charge in [0, 0.05) is 36.0 Å². The summed E-state index contributed by atoms with van der Waals surface area (Å²) in [6.45, 7) is 7.71. The fraction of sp³-hybridized carbons (Fsp3) is 0.769. The average Bonchev–Trinajstić information content (AvgIpc) is 2.84. The van der Waals surface area contributed by atoms with E-state index in [4.69, 9.17) is 0 Å². The van der Waals surface area contributed by atoms with Crippen LogP contribution >= 0.6 is 23.1 Å². The standard InChI is InChI=1S/C13H25N3S2/c1-6-7-14-11(3)12-8-15-13(18-12)16(4)10(2)9-17-5/h8,10-11,14H,6-7,9H2,1-5H3. The van der Waals surface area contributed by atoms with E-state index >= 15 is 0 Å². The molecule has 0 aromatic carbocycles. The lowest BCUT2D eigenvalue weighted by atomic mass is 10.3. The molecule has 0 bridgehead atoms. The molecular weight excluding hydrogens is 262 g/mol. The molecule has 104 valence electrons. The molecule has 2 atom stereocenters. The van der Waals surface area contributed by atoms with Crippen molar-refractivity contribution >= 4 is 28.2 Å². The quantitative estimate of drug-likeness (QED) is 0.793. The Morgan fingerprint density at radius 1 is 1.50 bits per heavy atom. The number of hydrogen-bond donors (Lipinski definition) is 1. The summed E-state index contributed by atoms with van der Waals surface area (Å²) in [5.41, 5.74) is 0. The highest BCUT2D eigenvalue weighted by molar-refractivity contribution is 7.98. The Balaban J connectivity index is 2.61. The molecule has 2 unspecified atom stereocenters. The van der Waals surface area contributed by atoms with E-state index in [2.05, 4.69) is 49.3 Å². The fourth-order valence-corrected chi connectivity index (χ4v) is 3.35. The number of thioether (sulfide) groups is 1. The molecule has 18 heavy (non-hydrogen) atoms. The van der Waals surface area contributed by atoms with Crippen LogP contribution in [0, 0.1) is 0 Å². The van der Waals surface area contributed by atoms with E-state index in [1.165, 1.54) is 11.3 Å². The smallest absolute Gasteiger partial charge is 0.185 e. The monoisotopic (exact) mass is 287 g/mol. The minimum atomic E-state index is 0.403. The second kappa shape index (κ2) is 8.02. The Morgan fingerprint density at radius 2 is 2.22 bits per heavy atom. The van der Waals surface area contributed by atoms with Crippen LogP contribution in [0.15, 0.2) is 6.20 Å². The fourth-order valence-electron chi connectivity index (χ4n) is 1.64. The zero-order valence-electron chi connectivity index (χ0n) is 12.1. The van der Waals surface area contributed by atoms with E-state index in [0.717, 1.165) is 17.4 Å². The summed E-state index contributed by atoms with van der Waals surface area (Å²) in [6, 6.07) is 0.929. The molecule has 0 saturated carbocycles. The molecule has 1 aromatic heterocycles. The topological polar surface area (TPSA) is 28.2 Å². The van der Waals surface area contributed by atoms with Gasteiger partial charge in [0.2, 0.25) is 0 Å². The average molecular weight is 287 g/mol. The summed E-state index contributed by atoms with van der Waals surface area (Å²) >= 11 is 3.68. The lowest BCUT2D eigenvalue weighted by molar-refractivity contribution is 0.577. The van der Waals surface area contributed by atoms with Crippen LogP contribution in [0.5, 0.6) is 0 Å². The van der Waals surface area contributed by atoms with Crippen molar-refractivity contribution in [3.8, 4) is 0 Å². The van der Waals surface area contributed by atoms with Crippen LogP contribution in [-0.4, -0.2) is 36.6 Å². The molecule has 0 amide bonds. The molecule has 1 heterocycles. The minimum Gasteiger partial charge on any atom is -0.348 e. The van der Waals surface area contributed by atoms with Crippen molar-refractivity contribution < 1.29 is 0 Å². The third-order valence-corrected chi connectivity index (χ3v) is 5.10. The molecule has 1 rings (SSSR count). The molecule has 1 N–H and O–H groups in total. The molecule has 0 fully saturated rings. The Labute approximate surface area is 119 Å². The van der Waals surface area contributed by atoms with Crippen molar-refractivity contribution in [3.63, 3.8) is 0 Å². The molecule has 0 aliphatic heterocycles. The van der Waals surface area contributed by atoms with Gasteiger partial charge in [-0.2, -0.15) is 11.8 Å². The minimum absolute atomic E-state index is 0.403. The van der Waals surface area contributed by atoms with Crippen molar-refractivity contribution in [3.05, 3.63) is 11.1 Å². The maximum absolute atomic E-state index is 4.54. The van der Waals surface area contributed by atoms with E-state index in [1.54, 1.807) is 11.3 Å². The molecular formula is C13H25N3S2. The van der Waals surface area contributed by atoms with Gasteiger partial charge in [-0.1, -0.05) is 6.92 Å².